The molecule has 0 aliphatic rings. The maximum absolute atomic E-state index is 2.27. The van der Waals surface area contributed by atoms with Crippen LogP contribution in [0, 0.1) is 0 Å². The average molecular weight is 254 g/mol. The smallest absolute Gasteiger partial charge is 0.00202 e. The second-order valence-electron chi connectivity index (χ2n) is 5.15. The number of rotatable bonds is 4. The monoisotopic (exact) mass is 254 g/mol. The van der Waals surface area contributed by atoms with Crippen LogP contribution in [0.4, 0.5) is 0 Å². The van der Waals surface area contributed by atoms with Gasteiger partial charge in [0.15, 0.2) is 0 Å². The minimum absolute atomic E-state index is 0. The maximum atomic E-state index is 2.27. The van der Waals surface area contributed by atoms with Gasteiger partial charge in [-0.2, -0.15) is 0 Å². The van der Waals surface area contributed by atoms with Gasteiger partial charge in [0.2, 0.25) is 0 Å². The molecule has 0 nitrogen and oxygen atoms in total. The zero-order valence-corrected chi connectivity index (χ0v) is 11.6. The summed E-state index contributed by atoms with van der Waals surface area (Å²) in [6.07, 6.45) is 2.17. The molecule has 2 rings (SSSR count). The summed E-state index contributed by atoms with van der Waals surface area (Å²) in [4.78, 5) is 0. The summed E-state index contributed by atoms with van der Waals surface area (Å²) >= 11 is 0. The first-order chi connectivity index (χ1) is 8.72. The quantitative estimate of drug-likeness (QED) is 0.666. The van der Waals surface area contributed by atoms with E-state index >= 15 is 0 Å². The molecule has 19 heavy (non-hydrogen) atoms. The SMILES string of the molecule is C.CCc1ccccc1Cc1ccccc1C(C)C. The summed E-state index contributed by atoms with van der Waals surface area (Å²) < 4.78 is 0. The molecule has 0 unspecified atom stereocenters. The molecule has 102 valence electrons. The Hall–Kier alpha value is -1.56. The Balaban J connectivity index is 0.00000180. The molecule has 0 saturated carbocycles. The lowest BCUT2D eigenvalue weighted by atomic mass is 9.91. The van der Waals surface area contributed by atoms with Crippen molar-refractivity contribution in [2.45, 2.75) is 47.0 Å². The van der Waals surface area contributed by atoms with Crippen LogP contribution in [0.1, 0.15) is 56.4 Å². The van der Waals surface area contributed by atoms with Crippen LogP contribution >= 0.6 is 0 Å². The van der Waals surface area contributed by atoms with Gasteiger partial charge in [-0.1, -0.05) is 76.7 Å². The topological polar surface area (TPSA) is 0 Å². The largest absolute Gasteiger partial charge is 0.0776 e. The van der Waals surface area contributed by atoms with Crippen molar-refractivity contribution in [3.8, 4) is 0 Å². The van der Waals surface area contributed by atoms with Crippen LogP contribution < -0.4 is 0 Å². The molecule has 2 aromatic rings. The lowest BCUT2D eigenvalue weighted by molar-refractivity contribution is 0.847. The maximum Gasteiger partial charge on any atom is -0.00202 e. The Labute approximate surface area is 118 Å². The van der Waals surface area contributed by atoms with Crippen molar-refractivity contribution in [3.63, 3.8) is 0 Å². The van der Waals surface area contributed by atoms with Crippen LogP contribution in [0.15, 0.2) is 48.5 Å². The minimum atomic E-state index is 0. The van der Waals surface area contributed by atoms with Gasteiger partial charge in [0.1, 0.15) is 0 Å². The zero-order chi connectivity index (χ0) is 13.0. The standard InChI is InChI=1S/C18H22.CH4/c1-4-15-9-5-6-10-16(15)13-17-11-7-8-12-18(17)14(2)3;/h5-12,14H,4,13H2,1-3H3;1H4. The third kappa shape index (κ3) is 3.70. The van der Waals surface area contributed by atoms with Crippen molar-refractivity contribution in [2.75, 3.05) is 0 Å². The van der Waals surface area contributed by atoms with Crippen LogP contribution in [0.5, 0.6) is 0 Å². The number of hydrogen-bond acceptors (Lipinski definition) is 0. The van der Waals surface area contributed by atoms with Crippen LogP contribution in [-0.2, 0) is 12.8 Å². The van der Waals surface area contributed by atoms with E-state index < -0.39 is 0 Å². The molecule has 0 aromatic heterocycles. The Morgan fingerprint density at radius 2 is 1.32 bits per heavy atom. The van der Waals surface area contributed by atoms with Crippen molar-refractivity contribution < 1.29 is 0 Å². The highest BCUT2D eigenvalue weighted by atomic mass is 14.1. The summed E-state index contributed by atoms with van der Waals surface area (Å²) in [5.74, 6) is 0.593. The van der Waals surface area contributed by atoms with Gasteiger partial charge in [0.05, 0.1) is 0 Å². The molecule has 0 heteroatoms. The van der Waals surface area contributed by atoms with Crippen molar-refractivity contribution in [3.05, 3.63) is 70.8 Å². The lowest BCUT2D eigenvalue weighted by Crippen LogP contribution is -1.99. The van der Waals surface area contributed by atoms with E-state index in [1.165, 1.54) is 22.3 Å². The zero-order valence-electron chi connectivity index (χ0n) is 11.6. The normalized spacial score (nSPS) is 10.3. The van der Waals surface area contributed by atoms with E-state index in [0.29, 0.717) is 5.92 Å². The third-order valence-corrected chi connectivity index (χ3v) is 3.56. The van der Waals surface area contributed by atoms with Crippen LogP contribution in [0.2, 0.25) is 0 Å². The molecule has 2 aromatic carbocycles. The van der Waals surface area contributed by atoms with E-state index in [1.54, 1.807) is 0 Å². The molecule has 0 amide bonds. The number of hydrogen-bond donors (Lipinski definition) is 0. The molecule has 0 aliphatic heterocycles. The number of aryl methyl sites for hydroxylation is 1. The van der Waals surface area contributed by atoms with Gasteiger partial charge in [-0.25, -0.2) is 0 Å². The molecule has 0 heterocycles. The van der Waals surface area contributed by atoms with E-state index in [-0.39, 0.29) is 7.43 Å². The number of benzene rings is 2. The van der Waals surface area contributed by atoms with Gasteiger partial charge in [-0.15, -0.1) is 0 Å². The van der Waals surface area contributed by atoms with Crippen LogP contribution in [-0.4, -0.2) is 0 Å². The second kappa shape index (κ2) is 7.13. The van der Waals surface area contributed by atoms with Gasteiger partial charge < -0.3 is 0 Å². The van der Waals surface area contributed by atoms with E-state index in [0.717, 1.165) is 12.8 Å². The lowest BCUT2D eigenvalue weighted by Gasteiger charge is -2.14. The molecule has 0 fully saturated rings. The highest BCUT2D eigenvalue weighted by Crippen LogP contribution is 2.23. The fourth-order valence-corrected chi connectivity index (χ4v) is 2.54. The van der Waals surface area contributed by atoms with Gasteiger partial charge in [0.25, 0.3) is 0 Å². The van der Waals surface area contributed by atoms with E-state index in [4.69, 9.17) is 0 Å². The van der Waals surface area contributed by atoms with Crippen molar-refractivity contribution >= 4 is 0 Å². The first-order valence-electron chi connectivity index (χ1n) is 6.87. The molecule has 0 radical (unpaired) electrons. The first kappa shape index (κ1) is 15.5. The Morgan fingerprint density at radius 1 is 0.789 bits per heavy atom. The summed E-state index contributed by atoms with van der Waals surface area (Å²) in [6.45, 7) is 6.77. The molecular formula is C19H26. The third-order valence-electron chi connectivity index (χ3n) is 3.56. The van der Waals surface area contributed by atoms with Crippen LogP contribution in [0.25, 0.3) is 0 Å². The predicted molar refractivity (Wildman–Crippen MR) is 85.9 cm³/mol. The molecule has 0 saturated heterocycles. The van der Waals surface area contributed by atoms with Crippen molar-refractivity contribution in [1.29, 1.82) is 0 Å². The van der Waals surface area contributed by atoms with Gasteiger partial charge in [0, 0.05) is 0 Å². The highest BCUT2D eigenvalue weighted by Gasteiger charge is 2.08. The summed E-state index contributed by atoms with van der Waals surface area (Å²) in [6, 6.07) is 17.6. The molecule has 0 atom stereocenters. The van der Waals surface area contributed by atoms with Crippen LogP contribution in [0.3, 0.4) is 0 Å². The molecule has 0 bridgehead atoms. The second-order valence-corrected chi connectivity index (χ2v) is 5.15. The fraction of sp³-hybridized carbons (Fsp3) is 0.368. The summed E-state index contributed by atoms with van der Waals surface area (Å²) in [7, 11) is 0. The molecule has 0 aliphatic carbocycles. The van der Waals surface area contributed by atoms with Gasteiger partial charge in [-0.3, -0.25) is 0 Å². The molecular weight excluding hydrogens is 228 g/mol. The summed E-state index contributed by atoms with van der Waals surface area (Å²) in [5.41, 5.74) is 5.88. The average Bonchev–Trinajstić information content (AvgIpc) is 2.40. The Morgan fingerprint density at radius 3 is 1.89 bits per heavy atom. The highest BCUT2D eigenvalue weighted by molar-refractivity contribution is 5.37. The summed E-state index contributed by atoms with van der Waals surface area (Å²) in [5, 5.41) is 0. The van der Waals surface area contributed by atoms with E-state index in [2.05, 4.69) is 69.3 Å². The molecule has 0 N–H and O–H groups in total. The Bertz CT molecular complexity index is 509. The van der Waals surface area contributed by atoms with E-state index in [1.807, 2.05) is 0 Å². The fourth-order valence-electron chi connectivity index (χ4n) is 2.54. The van der Waals surface area contributed by atoms with Gasteiger partial charge >= 0.3 is 0 Å². The first-order valence-corrected chi connectivity index (χ1v) is 6.87. The Kier molecular flexibility index (Phi) is 5.82. The minimum Gasteiger partial charge on any atom is -0.0776 e. The van der Waals surface area contributed by atoms with Crippen molar-refractivity contribution in [2.24, 2.45) is 0 Å². The molecule has 0 spiro atoms. The predicted octanol–water partition coefficient (Wildman–Crippen LogP) is 5.60. The van der Waals surface area contributed by atoms with E-state index in [9.17, 15) is 0 Å². The van der Waals surface area contributed by atoms with Gasteiger partial charge in [-0.05, 0) is 41.0 Å². The van der Waals surface area contributed by atoms with Crippen molar-refractivity contribution in [1.82, 2.24) is 0 Å².